The zero-order valence-electron chi connectivity index (χ0n) is 7.48. The Hall–Kier alpha value is -1.39. The first-order chi connectivity index (χ1) is 6.00. The largest absolute Gasteiger partial charge is 2.00 e. The molecule has 0 amide bonds. The first kappa shape index (κ1) is 11.6. The van der Waals surface area contributed by atoms with Gasteiger partial charge in [-0.15, -0.1) is 0 Å². The van der Waals surface area contributed by atoms with E-state index in [-0.39, 0.29) is 10.1 Å². The second kappa shape index (κ2) is 8.70. The SMILES string of the molecule is [Be+2].[c-]1ccccc1.[c-]1ccccc1. The molecule has 0 spiro atoms. The summed E-state index contributed by atoms with van der Waals surface area (Å²) in [5.74, 6) is 0. The maximum atomic E-state index is 2.89. The van der Waals surface area contributed by atoms with Crippen molar-refractivity contribution in [2.24, 2.45) is 0 Å². The predicted octanol–water partition coefficient (Wildman–Crippen LogP) is 2.59. The smallest absolute Gasteiger partial charge is 0.184 e. The summed E-state index contributed by atoms with van der Waals surface area (Å²) in [5, 5.41) is 0. The fourth-order valence-electron chi connectivity index (χ4n) is 0.684. The van der Waals surface area contributed by atoms with E-state index in [2.05, 4.69) is 12.1 Å². The van der Waals surface area contributed by atoms with Crippen LogP contribution in [0.25, 0.3) is 0 Å². The van der Waals surface area contributed by atoms with Crippen LogP contribution in [-0.4, -0.2) is 10.1 Å². The summed E-state index contributed by atoms with van der Waals surface area (Å²) in [7, 11) is 0. The van der Waals surface area contributed by atoms with E-state index in [0.717, 1.165) is 0 Å². The van der Waals surface area contributed by atoms with Gasteiger partial charge in [0.15, 0.2) is 0 Å². The summed E-state index contributed by atoms with van der Waals surface area (Å²) in [6, 6.07) is 25.0. The molecule has 0 aliphatic heterocycles. The minimum Gasteiger partial charge on any atom is -0.184 e. The van der Waals surface area contributed by atoms with Crippen LogP contribution < -0.4 is 0 Å². The fourth-order valence-corrected chi connectivity index (χ4v) is 0.684. The maximum absolute atomic E-state index is 2.89. The van der Waals surface area contributed by atoms with E-state index in [1.54, 1.807) is 0 Å². The normalized spacial score (nSPS) is 7.38. The Kier molecular flexibility index (Phi) is 7.77. The van der Waals surface area contributed by atoms with Crippen LogP contribution >= 0.6 is 0 Å². The standard InChI is InChI=1S/2C6H5.Be/c2*1-2-4-6-5-3-1;/h2*1-5H;/q2*-1;+2. The van der Waals surface area contributed by atoms with Crippen molar-refractivity contribution in [1.82, 2.24) is 0 Å². The van der Waals surface area contributed by atoms with Crippen molar-refractivity contribution in [2.75, 3.05) is 0 Å². The van der Waals surface area contributed by atoms with Crippen molar-refractivity contribution >= 4 is 10.1 Å². The predicted molar refractivity (Wildman–Crippen MR) is 56.3 cm³/mol. The van der Waals surface area contributed by atoms with E-state index >= 15 is 0 Å². The van der Waals surface area contributed by atoms with Gasteiger partial charge in [-0.1, -0.05) is 0 Å². The molecule has 13 heavy (non-hydrogen) atoms. The molecule has 0 radical (unpaired) electrons. The van der Waals surface area contributed by atoms with Gasteiger partial charge in [-0.25, -0.2) is 0 Å². The number of rotatable bonds is 0. The molecule has 0 atom stereocenters. The van der Waals surface area contributed by atoms with E-state index in [1.165, 1.54) is 0 Å². The van der Waals surface area contributed by atoms with Crippen LogP contribution in [0.1, 0.15) is 0 Å². The third-order valence-corrected chi connectivity index (χ3v) is 1.21. The second-order valence-corrected chi connectivity index (χ2v) is 2.15. The van der Waals surface area contributed by atoms with Crippen LogP contribution in [-0.2, 0) is 0 Å². The average Bonchev–Trinajstić information content (AvgIpc) is 2.24. The molecule has 0 heterocycles. The molecule has 0 aliphatic carbocycles. The van der Waals surface area contributed by atoms with Gasteiger partial charge in [0.1, 0.15) is 0 Å². The van der Waals surface area contributed by atoms with Crippen LogP contribution in [0, 0.1) is 12.1 Å². The van der Waals surface area contributed by atoms with Crippen LogP contribution in [0.4, 0.5) is 0 Å². The first-order valence-corrected chi connectivity index (χ1v) is 3.82. The Morgan fingerprint density at radius 1 is 0.462 bits per heavy atom. The molecule has 1 heteroatoms. The Morgan fingerprint density at radius 2 is 0.769 bits per heavy atom. The Bertz CT molecular complexity index is 181. The first-order valence-electron chi connectivity index (χ1n) is 3.82. The number of benzene rings is 2. The van der Waals surface area contributed by atoms with Crippen LogP contribution in [0.5, 0.6) is 0 Å². The van der Waals surface area contributed by atoms with Crippen LogP contribution in [0.2, 0.25) is 0 Å². The maximum Gasteiger partial charge on any atom is 2.00 e. The minimum absolute atomic E-state index is 0. The molecule has 0 aromatic heterocycles. The van der Waals surface area contributed by atoms with Gasteiger partial charge < -0.3 is 0 Å². The molecule has 2 aromatic rings. The van der Waals surface area contributed by atoms with E-state index in [4.69, 9.17) is 0 Å². The van der Waals surface area contributed by atoms with Gasteiger partial charge in [0, 0.05) is 0 Å². The van der Waals surface area contributed by atoms with E-state index in [1.807, 2.05) is 60.7 Å². The van der Waals surface area contributed by atoms with Gasteiger partial charge >= 0.3 is 10.1 Å². The molecule has 2 rings (SSSR count). The van der Waals surface area contributed by atoms with Crippen molar-refractivity contribution in [2.45, 2.75) is 0 Å². The van der Waals surface area contributed by atoms with Gasteiger partial charge in [-0.3, -0.25) is 0 Å². The molecule has 60 valence electrons. The Labute approximate surface area is 83.5 Å². The quantitative estimate of drug-likeness (QED) is 0.413. The van der Waals surface area contributed by atoms with Crippen molar-refractivity contribution in [3.8, 4) is 0 Å². The molecule has 0 aliphatic rings. The summed E-state index contributed by atoms with van der Waals surface area (Å²) in [4.78, 5) is 0. The van der Waals surface area contributed by atoms with E-state index < -0.39 is 0 Å². The van der Waals surface area contributed by atoms with Gasteiger partial charge in [0.25, 0.3) is 0 Å². The van der Waals surface area contributed by atoms with E-state index in [0.29, 0.717) is 0 Å². The molecule has 0 fully saturated rings. The fraction of sp³-hybridized carbons (Fsp3) is 0. The molecular weight excluding hydrogens is 153 g/mol. The summed E-state index contributed by atoms with van der Waals surface area (Å²) in [6.45, 7) is 0. The van der Waals surface area contributed by atoms with Crippen molar-refractivity contribution < 1.29 is 0 Å². The van der Waals surface area contributed by atoms with Crippen LogP contribution in [0.15, 0.2) is 60.7 Å². The van der Waals surface area contributed by atoms with Gasteiger partial charge in [0.05, 0.1) is 0 Å². The minimum atomic E-state index is 0. The molecule has 0 saturated carbocycles. The average molecular weight is 163 g/mol. The van der Waals surface area contributed by atoms with Gasteiger partial charge in [0.2, 0.25) is 0 Å². The summed E-state index contributed by atoms with van der Waals surface area (Å²) < 4.78 is 0. The van der Waals surface area contributed by atoms with Crippen LogP contribution in [0.3, 0.4) is 0 Å². The topological polar surface area (TPSA) is 0 Å². The monoisotopic (exact) mass is 163 g/mol. The van der Waals surface area contributed by atoms with Crippen molar-refractivity contribution in [3.63, 3.8) is 0 Å². The zero-order valence-corrected chi connectivity index (χ0v) is 7.48. The summed E-state index contributed by atoms with van der Waals surface area (Å²) >= 11 is 0. The molecule has 0 saturated heterocycles. The van der Waals surface area contributed by atoms with Gasteiger partial charge in [-0.05, 0) is 0 Å². The second-order valence-electron chi connectivity index (χ2n) is 2.15. The number of hydrogen-bond acceptors (Lipinski definition) is 0. The summed E-state index contributed by atoms with van der Waals surface area (Å²) in [6.07, 6.45) is 0. The zero-order chi connectivity index (χ0) is 8.49. The molecule has 0 bridgehead atoms. The summed E-state index contributed by atoms with van der Waals surface area (Å²) in [5.41, 5.74) is 0. The van der Waals surface area contributed by atoms with Crippen molar-refractivity contribution in [3.05, 3.63) is 72.8 Å². The number of hydrogen-bond donors (Lipinski definition) is 0. The van der Waals surface area contributed by atoms with Crippen molar-refractivity contribution in [1.29, 1.82) is 0 Å². The molecule has 0 nitrogen and oxygen atoms in total. The van der Waals surface area contributed by atoms with E-state index in [9.17, 15) is 0 Å². The third-order valence-electron chi connectivity index (χ3n) is 1.21. The van der Waals surface area contributed by atoms with Gasteiger partial charge in [-0.2, -0.15) is 72.8 Å². The molecule has 0 unspecified atom stereocenters. The molecule has 0 N–H and O–H groups in total. The third kappa shape index (κ3) is 6.99. The Morgan fingerprint density at radius 3 is 0.846 bits per heavy atom. The molecule has 2 aromatic carbocycles. The Balaban J connectivity index is 0.000000206. The molecular formula is C12H10Be.